The van der Waals surface area contributed by atoms with Crippen LogP contribution in [0.3, 0.4) is 0 Å². The quantitative estimate of drug-likeness (QED) is 0.887. The third kappa shape index (κ3) is 3.58. The molecule has 1 aliphatic carbocycles. The highest BCUT2D eigenvalue weighted by Gasteiger charge is 2.33. The molecule has 2 fully saturated rings. The summed E-state index contributed by atoms with van der Waals surface area (Å²) in [6, 6.07) is 9.88. The van der Waals surface area contributed by atoms with Crippen LogP contribution in [0.25, 0.3) is 0 Å². The minimum absolute atomic E-state index is 0.00664. The van der Waals surface area contributed by atoms with Gasteiger partial charge in [-0.2, -0.15) is 5.10 Å². The molecule has 0 radical (unpaired) electrons. The van der Waals surface area contributed by atoms with E-state index in [0.717, 1.165) is 50.3 Å². The van der Waals surface area contributed by atoms with Gasteiger partial charge in [0, 0.05) is 24.7 Å². The van der Waals surface area contributed by atoms with Gasteiger partial charge >= 0.3 is 5.69 Å². The van der Waals surface area contributed by atoms with Gasteiger partial charge in [-0.15, -0.1) is 0 Å². The van der Waals surface area contributed by atoms with E-state index in [-0.39, 0.29) is 11.6 Å². The highest BCUT2D eigenvalue weighted by Crippen LogP contribution is 2.37. The minimum atomic E-state index is 0.00664. The topological polar surface area (TPSA) is 72.2 Å². The highest BCUT2D eigenvalue weighted by molar-refractivity contribution is 5.92. The molecule has 1 N–H and O–H groups in total. The van der Waals surface area contributed by atoms with E-state index in [2.05, 4.69) is 15.3 Å². The van der Waals surface area contributed by atoms with Crippen LogP contribution in [-0.2, 0) is 11.8 Å². The Balaban J connectivity index is 1.34. The molecule has 0 atom stereocenters. The lowest BCUT2D eigenvalue weighted by Gasteiger charge is -2.31. The number of hydrogen-bond donors (Lipinski definition) is 1. The first-order valence-corrected chi connectivity index (χ1v) is 9.34. The van der Waals surface area contributed by atoms with Gasteiger partial charge in [0.15, 0.2) is 0 Å². The number of nitrogens with one attached hydrogen (secondary N) is 1. The molecule has 0 unspecified atom stereocenters. The second kappa shape index (κ2) is 7.07. The second-order valence-corrected chi connectivity index (χ2v) is 7.33. The van der Waals surface area contributed by atoms with Gasteiger partial charge in [0.05, 0.1) is 6.54 Å². The van der Waals surface area contributed by atoms with Gasteiger partial charge in [0.1, 0.15) is 5.82 Å². The summed E-state index contributed by atoms with van der Waals surface area (Å²) in [5.41, 5.74) is 0.835. The maximum atomic E-state index is 12.3. The number of piperidine rings is 1. The van der Waals surface area contributed by atoms with Crippen LogP contribution < -0.4 is 11.0 Å². The molecular formula is C19H25N5O2. The van der Waals surface area contributed by atoms with Gasteiger partial charge in [-0.3, -0.25) is 14.3 Å². The van der Waals surface area contributed by atoms with Crippen LogP contribution in [0.5, 0.6) is 0 Å². The van der Waals surface area contributed by atoms with Crippen molar-refractivity contribution < 1.29 is 4.79 Å². The van der Waals surface area contributed by atoms with Gasteiger partial charge in [-0.25, -0.2) is 9.48 Å². The van der Waals surface area contributed by atoms with Gasteiger partial charge in [0.2, 0.25) is 5.91 Å². The summed E-state index contributed by atoms with van der Waals surface area (Å²) in [5.74, 6) is 1.26. The van der Waals surface area contributed by atoms with Crippen molar-refractivity contribution in [1.82, 2.24) is 19.2 Å². The standard InChI is InChI=1S/C19H25N5O2/c1-22-19(26)24(16-7-8-16)18(21-22)14-9-11-23(12-10-14)13-17(25)20-15-5-3-2-4-6-15/h2-6,14,16H,7-13H2,1H3,(H,20,25). The van der Waals surface area contributed by atoms with E-state index in [0.29, 0.717) is 18.5 Å². The van der Waals surface area contributed by atoms with Crippen molar-refractivity contribution >= 4 is 11.6 Å². The Bertz CT molecular complexity index is 829. The number of para-hydroxylation sites is 1. The number of carbonyl (C=O) groups is 1. The zero-order chi connectivity index (χ0) is 18.1. The van der Waals surface area contributed by atoms with Gasteiger partial charge in [0.25, 0.3) is 0 Å². The molecule has 1 aromatic heterocycles. The summed E-state index contributed by atoms with van der Waals surface area (Å²) in [6.07, 6.45) is 4.03. The van der Waals surface area contributed by atoms with E-state index in [1.165, 1.54) is 4.68 Å². The van der Waals surface area contributed by atoms with E-state index in [1.807, 2.05) is 34.9 Å². The fourth-order valence-corrected chi connectivity index (χ4v) is 3.73. The zero-order valence-electron chi connectivity index (χ0n) is 15.1. The Morgan fingerprint density at radius 3 is 2.50 bits per heavy atom. The van der Waals surface area contributed by atoms with Crippen molar-refractivity contribution in [3.05, 3.63) is 46.6 Å². The van der Waals surface area contributed by atoms with Crippen LogP contribution in [-0.4, -0.2) is 44.8 Å². The number of nitrogens with zero attached hydrogens (tertiary/aromatic N) is 4. The molecule has 1 saturated carbocycles. The fraction of sp³-hybridized carbons (Fsp3) is 0.526. The third-order valence-corrected chi connectivity index (χ3v) is 5.27. The van der Waals surface area contributed by atoms with Gasteiger partial charge in [-0.05, 0) is 50.9 Å². The lowest BCUT2D eigenvalue weighted by molar-refractivity contribution is -0.117. The molecule has 1 saturated heterocycles. The van der Waals surface area contributed by atoms with Gasteiger partial charge in [-0.1, -0.05) is 18.2 Å². The van der Waals surface area contributed by atoms with Gasteiger partial charge < -0.3 is 5.32 Å². The molecule has 4 rings (SSSR count). The first-order chi connectivity index (χ1) is 12.6. The first-order valence-electron chi connectivity index (χ1n) is 9.34. The normalized spacial score (nSPS) is 18.8. The van der Waals surface area contributed by atoms with Crippen LogP contribution in [0.15, 0.2) is 35.1 Å². The van der Waals surface area contributed by atoms with Crippen molar-refractivity contribution in [3.8, 4) is 0 Å². The Kier molecular flexibility index (Phi) is 4.63. The Hall–Kier alpha value is -2.41. The number of carbonyl (C=O) groups excluding carboxylic acids is 1. The molecular weight excluding hydrogens is 330 g/mol. The van der Waals surface area contributed by atoms with Crippen molar-refractivity contribution in [2.45, 2.75) is 37.6 Å². The predicted molar refractivity (Wildman–Crippen MR) is 99.2 cm³/mol. The summed E-state index contributed by atoms with van der Waals surface area (Å²) in [7, 11) is 1.73. The lowest BCUT2D eigenvalue weighted by Crippen LogP contribution is -2.39. The van der Waals surface area contributed by atoms with Crippen molar-refractivity contribution in [3.63, 3.8) is 0 Å². The molecule has 0 spiro atoms. The average Bonchev–Trinajstić information content (AvgIpc) is 3.43. The largest absolute Gasteiger partial charge is 0.345 e. The fourth-order valence-electron chi connectivity index (χ4n) is 3.73. The Morgan fingerprint density at radius 1 is 1.15 bits per heavy atom. The molecule has 1 amide bonds. The number of aryl methyl sites for hydroxylation is 1. The lowest BCUT2D eigenvalue weighted by atomic mass is 9.96. The maximum absolute atomic E-state index is 12.3. The van der Waals surface area contributed by atoms with E-state index in [9.17, 15) is 9.59 Å². The number of aromatic nitrogens is 3. The number of amides is 1. The van der Waals surface area contributed by atoms with Crippen molar-refractivity contribution in [2.24, 2.45) is 7.05 Å². The van der Waals surface area contributed by atoms with Crippen LogP contribution in [0.2, 0.25) is 0 Å². The molecule has 2 aliphatic rings. The molecule has 26 heavy (non-hydrogen) atoms. The smallest absolute Gasteiger partial charge is 0.325 e. The molecule has 2 heterocycles. The van der Waals surface area contributed by atoms with Crippen LogP contribution in [0, 0.1) is 0 Å². The molecule has 0 bridgehead atoms. The first kappa shape index (κ1) is 17.0. The summed E-state index contributed by atoms with van der Waals surface area (Å²) in [6.45, 7) is 2.10. The van der Waals surface area contributed by atoms with Crippen LogP contribution >= 0.6 is 0 Å². The second-order valence-electron chi connectivity index (χ2n) is 7.33. The van der Waals surface area contributed by atoms with E-state index >= 15 is 0 Å². The Morgan fingerprint density at radius 2 is 1.85 bits per heavy atom. The molecule has 1 aliphatic heterocycles. The monoisotopic (exact) mass is 355 g/mol. The van der Waals surface area contributed by atoms with Crippen LogP contribution in [0.1, 0.15) is 43.5 Å². The summed E-state index contributed by atoms with van der Waals surface area (Å²) in [5, 5.41) is 7.44. The third-order valence-electron chi connectivity index (χ3n) is 5.27. The van der Waals surface area contributed by atoms with E-state index in [4.69, 9.17) is 0 Å². The number of benzene rings is 1. The molecule has 1 aromatic carbocycles. The van der Waals surface area contributed by atoms with Crippen molar-refractivity contribution in [1.29, 1.82) is 0 Å². The number of hydrogen-bond acceptors (Lipinski definition) is 4. The molecule has 7 nitrogen and oxygen atoms in total. The number of anilines is 1. The van der Waals surface area contributed by atoms with Crippen LogP contribution in [0.4, 0.5) is 5.69 Å². The summed E-state index contributed by atoms with van der Waals surface area (Å²) in [4.78, 5) is 26.7. The maximum Gasteiger partial charge on any atom is 0.345 e. The molecule has 2 aromatic rings. The number of likely N-dealkylation sites (tertiary alicyclic amines) is 1. The zero-order valence-corrected chi connectivity index (χ0v) is 15.1. The minimum Gasteiger partial charge on any atom is -0.325 e. The summed E-state index contributed by atoms with van der Waals surface area (Å²) < 4.78 is 3.37. The highest BCUT2D eigenvalue weighted by atomic mass is 16.2. The summed E-state index contributed by atoms with van der Waals surface area (Å²) >= 11 is 0. The van der Waals surface area contributed by atoms with E-state index < -0.39 is 0 Å². The molecule has 138 valence electrons. The average molecular weight is 355 g/mol. The SMILES string of the molecule is Cn1nc(C2CCN(CC(=O)Nc3ccccc3)CC2)n(C2CC2)c1=O. The Labute approximate surface area is 152 Å². The van der Waals surface area contributed by atoms with E-state index in [1.54, 1.807) is 7.05 Å². The van der Waals surface area contributed by atoms with Crippen molar-refractivity contribution in [2.75, 3.05) is 25.0 Å². The number of rotatable bonds is 5. The molecule has 7 heteroatoms. The predicted octanol–water partition coefficient (Wildman–Crippen LogP) is 1.73.